The van der Waals surface area contributed by atoms with Crippen LogP contribution in [0.15, 0.2) is 118 Å². The van der Waals surface area contributed by atoms with Crippen molar-refractivity contribution in [3.8, 4) is 22.5 Å². The van der Waals surface area contributed by atoms with Gasteiger partial charge in [-0.1, -0.05) is 86.4 Å². The third kappa shape index (κ3) is 6.08. The average molecular weight is 795 g/mol. The molecule has 1 radical (unpaired) electrons. The molecule has 0 N–H and O–H groups in total. The predicted molar refractivity (Wildman–Crippen MR) is 189 cm³/mol. The quantitative estimate of drug-likeness (QED) is 0.132. The minimum absolute atomic E-state index is 0. The first-order chi connectivity index (χ1) is 21.8. The summed E-state index contributed by atoms with van der Waals surface area (Å²) in [5, 5.41) is 5.66. The summed E-state index contributed by atoms with van der Waals surface area (Å²) in [6.07, 6.45) is 3.88. The summed E-state index contributed by atoms with van der Waals surface area (Å²) in [6, 6.07) is 39.2. The van der Waals surface area contributed by atoms with Crippen LogP contribution in [0.4, 0.5) is 0 Å². The molecule has 4 nitrogen and oxygen atoms in total. The molecular formula is C40H34IrN2O2Si-2. The fourth-order valence-corrected chi connectivity index (χ4v) is 6.68. The van der Waals surface area contributed by atoms with Crippen LogP contribution in [0.3, 0.4) is 0 Å². The third-order valence-corrected chi connectivity index (χ3v) is 10.3. The third-order valence-electron chi connectivity index (χ3n) is 8.25. The zero-order valence-corrected chi connectivity index (χ0v) is 29.9. The molecule has 0 fully saturated rings. The van der Waals surface area contributed by atoms with E-state index >= 15 is 0 Å². The minimum atomic E-state index is -1.23. The molecule has 0 unspecified atom stereocenters. The van der Waals surface area contributed by atoms with E-state index in [-0.39, 0.29) is 20.1 Å². The molecule has 0 bridgehead atoms. The summed E-state index contributed by atoms with van der Waals surface area (Å²) in [5.41, 5.74) is 8.51. The normalized spacial score (nSPS) is 11.6. The molecule has 4 heterocycles. The fourth-order valence-electron chi connectivity index (χ4n) is 5.64. The summed E-state index contributed by atoms with van der Waals surface area (Å²) < 4.78 is 12.4. The molecule has 0 aliphatic carbocycles. The molecule has 8 aromatic rings. The van der Waals surface area contributed by atoms with E-state index in [4.69, 9.17) is 8.83 Å². The molecule has 4 aromatic carbocycles. The molecule has 46 heavy (non-hydrogen) atoms. The van der Waals surface area contributed by atoms with Crippen LogP contribution in [0, 0.1) is 12.1 Å². The van der Waals surface area contributed by atoms with Crippen LogP contribution in [0.25, 0.3) is 66.4 Å². The number of fused-ring (bicyclic) bond motifs is 6. The van der Waals surface area contributed by atoms with Gasteiger partial charge in [-0.3, -0.25) is 0 Å². The minimum Gasteiger partial charge on any atom is -0.501 e. The number of benzene rings is 4. The summed E-state index contributed by atoms with van der Waals surface area (Å²) in [7, 11) is -1.23. The van der Waals surface area contributed by atoms with Gasteiger partial charge in [0.2, 0.25) is 0 Å². The number of hydrogen-bond acceptors (Lipinski definition) is 4. The van der Waals surface area contributed by atoms with Gasteiger partial charge >= 0.3 is 0 Å². The van der Waals surface area contributed by atoms with Gasteiger partial charge in [0.15, 0.2) is 0 Å². The largest absolute Gasteiger partial charge is 0.501 e. The first kappa shape index (κ1) is 31.6. The van der Waals surface area contributed by atoms with Gasteiger partial charge in [-0.2, -0.15) is 0 Å². The number of pyridine rings is 2. The summed E-state index contributed by atoms with van der Waals surface area (Å²) >= 11 is 0. The van der Waals surface area contributed by atoms with Crippen molar-refractivity contribution in [2.45, 2.75) is 39.4 Å². The van der Waals surface area contributed by atoms with E-state index in [1.54, 1.807) is 0 Å². The van der Waals surface area contributed by atoms with E-state index in [1.807, 2.05) is 67.0 Å². The Morgan fingerprint density at radius 3 is 2.13 bits per heavy atom. The van der Waals surface area contributed by atoms with Crippen LogP contribution < -0.4 is 5.19 Å². The van der Waals surface area contributed by atoms with Gasteiger partial charge < -0.3 is 18.8 Å². The number of rotatable bonds is 4. The Bertz CT molecular complexity index is 2280. The topological polar surface area (TPSA) is 52.1 Å². The van der Waals surface area contributed by atoms with Gasteiger partial charge in [-0.15, -0.1) is 54.1 Å². The number of para-hydroxylation sites is 1. The van der Waals surface area contributed by atoms with Crippen molar-refractivity contribution < 1.29 is 28.9 Å². The Labute approximate surface area is 283 Å². The maximum absolute atomic E-state index is 6.35. The summed E-state index contributed by atoms with van der Waals surface area (Å²) in [4.78, 5) is 9.11. The Morgan fingerprint density at radius 2 is 1.41 bits per heavy atom. The van der Waals surface area contributed by atoms with Crippen LogP contribution in [0.2, 0.25) is 19.6 Å². The molecular weight excluding hydrogens is 761 g/mol. The van der Waals surface area contributed by atoms with E-state index in [0.29, 0.717) is 5.92 Å². The molecule has 0 spiro atoms. The van der Waals surface area contributed by atoms with Crippen LogP contribution in [0.1, 0.15) is 25.3 Å². The van der Waals surface area contributed by atoms with E-state index in [2.05, 4.69) is 98.1 Å². The molecule has 0 aliphatic rings. The molecule has 0 saturated carbocycles. The van der Waals surface area contributed by atoms with E-state index < -0.39 is 8.07 Å². The first-order valence-corrected chi connectivity index (χ1v) is 18.8. The Hall–Kier alpha value is -4.35. The standard InChI is InChI=1S/C26H18NO2.C14H16NSi.Ir/c1-15(2)16-10-11-27-22(12-16)19-8-5-7-18-21-14-24-20(13-25(21)29-26(18)19)17-6-3-4-9-23(17)28-24;1-16(2,3)13-9-10-14(15-11-13)12-7-5-4-6-8-12;/h3-7,9-15H,1-2H3;4-7,9-11H,1-3H3;/q2*-1;. The molecule has 0 atom stereocenters. The fraction of sp³-hybridized carbons (Fsp3) is 0.150. The second kappa shape index (κ2) is 12.8. The van der Waals surface area contributed by atoms with Crippen LogP contribution in [0.5, 0.6) is 0 Å². The van der Waals surface area contributed by atoms with Crippen molar-refractivity contribution in [1.29, 1.82) is 0 Å². The Kier molecular flexibility index (Phi) is 8.80. The number of hydrogen-bond donors (Lipinski definition) is 0. The van der Waals surface area contributed by atoms with E-state index in [0.717, 1.165) is 66.4 Å². The molecule has 0 saturated heterocycles. The smallest absolute Gasteiger partial charge is 0.136 e. The Morgan fingerprint density at radius 1 is 0.652 bits per heavy atom. The Balaban J connectivity index is 0.000000187. The second-order valence-electron chi connectivity index (χ2n) is 12.7. The first-order valence-electron chi connectivity index (χ1n) is 15.3. The zero-order valence-electron chi connectivity index (χ0n) is 26.5. The van der Waals surface area contributed by atoms with Gasteiger partial charge in [0, 0.05) is 48.7 Å². The molecule has 6 heteroatoms. The van der Waals surface area contributed by atoms with Gasteiger partial charge in [-0.05, 0) is 46.8 Å². The van der Waals surface area contributed by atoms with Crippen LogP contribution in [-0.4, -0.2) is 18.0 Å². The van der Waals surface area contributed by atoms with Crippen molar-refractivity contribution in [2.24, 2.45) is 0 Å². The molecule has 0 amide bonds. The maximum Gasteiger partial charge on any atom is 0.136 e. The summed E-state index contributed by atoms with van der Waals surface area (Å²) in [5.74, 6) is 0.437. The molecule has 8 rings (SSSR count). The van der Waals surface area contributed by atoms with Crippen molar-refractivity contribution in [2.75, 3.05) is 0 Å². The number of furan rings is 2. The van der Waals surface area contributed by atoms with Gasteiger partial charge in [0.1, 0.15) is 16.7 Å². The molecule has 231 valence electrons. The predicted octanol–water partition coefficient (Wildman–Crippen LogP) is 10.6. The van der Waals surface area contributed by atoms with Crippen molar-refractivity contribution >= 4 is 57.1 Å². The average Bonchev–Trinajstić information content (AvgIpc) is 3.61. The SMILES string of the molecule is CC(C)c1ccnc(-c2[c-]ccc3c2oc2cc4c(cc23)oc2ccccc24)c1.C[Si](C)(C)c1ccc(-c2[c-]cccc2)nc1.[Ir]. The monoisotopic (exact) mass is 795 g/mol. The zero-order chi connectivity index (χ0) is 31.1. The van der Waals surface area contributed by atoms with Crippen molar-refractivity contribution in [3.63, 3.8) is 0 Å². The number of nitrogens with zero attached hydrogens (tertiary/aromatic N) is 2. The number of aromatic nitrogens is 2. The van der Waals surface area contributed by atoms with Crippen LogP contribution in [-0.2, 0) is 20.1 Å². The van der Waals surface area contributed by atoms with E-state index in [9.17, 15) is 0 Å². The second-order valence-corrected chi connectivity index (χ2v) is 17.8. The van der Waals surface area contributed by atoms with Gasteiger partial charge in [0.25, 0.3) is 0 Å². The van der Waals surface area contributed by atoms with Crippen molar-refractivity contribution in [1.82, 2.24) is 9.97 Å². The maximum atomic E-state index is 6.35. The molecule has 0 aliphatic heterocycles. The van der Waals surface area contributed by atoms with Gasteiger partial charge in [0.05, 0.1) is 13.7 Å². The van der Waals surface area contributed by atoms with Crippen LogP contribution >= 0.6 is 0 Å². The van der Waals surface area contributed by atoms with Gasteiger partial charge in [-0.25, -0.2) is 0 Å². The molecule has 4 aromatic heterocycles. The summed E-state index contributed by atoms with van der Waals surface area (Å²) in [6.45, 7) is 11.4. The van der Waals surface area contributed by atoms with Crippen molar-refractivity contribution in [3.05, 3.63) is 127 Å². The van der Waals surface area contributed by atoms with E-state index in [1.165, 1.54) is 10.8 Å².